The van der Waals surface area contributed by atoms with Gasteiger partial charge in [-0.2, -0.15) is 0 Å². The Morgan fingerprint density at radius 1 is 0.905 bits per heavy atom. The average molecular weight is 280 g/mol. The van der Waals surface area contributed by atoms with Crippen molar-refractivity contribution < 1.29 is 9.47 Å². The summed E-state index contributed by atoms with van der Waals surface area (Å²) >= 11 is 0. The molecule has 1 heterocycles. The largest absolute Gasteiger partial charge is 0.497 e. The lowest BCUT2D eigenvalue weighted by molar-refractivity contribution is 0.415. The van der Waals surface area contributed by atoms with Gasteiger partial charge in [-0.3, -0.25) is 4.98 Å². The number of benzene rings is 2. The number of ether oxygens (including phenoxy) is 2. The van der Waals surface area contributed by atoms with Gasteiger partial charge in [0.05, 0.1) is 25.4 Å². The van der Waals surface area contributed by atoms with Crippen LogP contribution >= 0.6 is 0 Å². The third-order valence-corrected chi connectivity index (χ3v) is 3.33. The Hall–Kier alpha value is -2.75. The van der Waals surface area contributed by atoms with E-state index in [0.717, 1.165) is 33.8 Å². The quantitative estimate of drug-likeness (QED) is 0.784. The van der Waals surface area contributed by atoms with Crippen molar-refractivity contribution in [2.75, 3.05) is 19.5 Å². The minimum Gasteiger partial charge on any atom is -0.497 e. The molecular formula is C17H16N2O2. The summed E-state index contributed by atoms with van der Waals surface area (Å²) in [7, 11) is 3.32. The maximum Gasteiger partial charge on any atom is 0.142 e. The molecule has 1 N–H and O–H groups in total. The zero-order chi connectivity index (χ0) is 14.7. The number of rotatable bonds is 4. The van der Waals surface area contributed by atoms with E-state index in [2.05, 4.69) is 10.3 Å². The van der Waals surface area contributed by atoms with Crippen molar-refractivity contribution in [1.29, 1.82) is 0 Å². The van der Waals surface area contributed by atoms with E-state index in [0.29, 0.717) is 0 Å². The van der Waals surface area contributed by atoms with E-state index >= 15 is 0 Å². The van der Waals surface area contributed by atoms with Crippen LogP contribution in [-0.2, 0) is 0 Å². The molecular weight excluding hydrogens is 264 g/mol. The molecule has 0 aliphatic rings. The number of nitrogens with one attached hydrogen (secondary N) is 1. The third-order valence-electron chi connectivity index (χ3n) is 3.33. The van der Waals surface area contributed by atoms with Gasteiger partial charge in [-0.15, -0.1) is 0 Å². The smallest absolute Gasteiger partial charge is 0.142 e. The molecule has 21 heavy (non-hydrogen) atoms. The van der Waals surface area contributed by atoms with Gasteiger partial charge in [-0.05, 0) is 36.4 Å². The Labute approximate surface area is 123 Å². The summed E-state index contributed by atoms with van der Waals surface area (Å²) in [5, 5.41) is 4.40. The van der Waals surface area contributed by atoms with E-state index in [4.69, 9.17) is 9.47 Å². The van der Waals surface area contributed by atoms with Gasteiger partial charge in [0.2, 0.25) is 0 Å². The van der Waals surface area contributed by atoms with Crippen LogP contribution in [0, 0.1) is 0 Å². The summed E-state index contributed by atoms with van der Waals surface area (Å²) in [4.78, 5) is 4.37. The fraction of sp³-hybridized carbons (Fsp3) is 0.118. The van der Waals surface area contributed by atoms with Crippen LogP contribution < -0.4 is 14.8 Å². The fourth-order valence-electron chi connectivity index (χ4n) is 2.25. The van der Waals surface area contributed by atoms with Crippen molar-refractivity contribution in [3.05, 3.63) is 54.7 Å². The number of anilines is 2. The SMILES string of the molecule is COc1ccc2nccc(Nc3ccccc3OC)c2c1. The zero-order valence-corrected chi connectivity index (χ0v) is 12.0. The van der Waals surface area contributed by atoms with E-state index in [1.54, 1.807) is 20.4 Å². The fourth-order valence-corrected chi connectivity index (χ4v) is 2.25. The van der Waals surface area contributed by atoms with Gasteiger partial charge < -0.3 is 14.8 Å². The molecule has 0 amide bonds. The summed E-state index contributed by atoms with van der Waals surface area (Å²) in [5.74, 6) is 1.60. The minimum atomic E-state index is 0.797. The molecule has 0 saturated heterocycles. The Morgan fingerprint density at radius 2 is 1.76 bits per heavy atom. The first-order valence-electron chi connectivity index (χ1n) is 6.64. The molecule has 0 aliphatic carbocycles. The molecule has 106 valence electrons. The van der Waals surface area contributed by atoms with E-state index in [9.17, 15) is 0 Å². The van der Waals surface area contributed by atoms with Gasteiger partial charge in [0.25, 0.3) is 0 Å². The molecule has 0 bridgehead atoms. The maximum atomic E-state index is 5.37. The summed E-state index contributed by atoms with van der Waals surface area (Å²) in [5.41, 5.74) is 2.79. The van der Waals surface area contributed by atoms with Crippen molar-refractivity contribution in [3.63, 3.8) is 0 Å². The van der Waals surface area contributed by atoms with Crippen molar-refractivity contribution in [1.82, 2.24) is 4.98 Å². The summed E-state index contributed by atoms with van der Waals surface area (Å²) in [6.45, 7) is 0. The predicted octanol–water partition coefficient (Wildman–Crippen LogP) is 4.00. The van der Waals surface area contributed by atoms with Crippen LogP contribution in [0.25, 0.3) is 10.9 Å². The van der Waals surface area contributed by atoms with Crippen molar-refractivity contribution in [2.45, 2.75) is 0 Å². The normalized spacial score (nSPS) is 10.4. The number of fused-ring (bicyclic) bond motifs is 1. The van der Waals surface area contributed by atoms with Crippen LogP contribution in [0.5, 0.6) is 11.5 Å². The molecule has 1 aromatic heterocycles. The monoisotopic (exact) mass is 280 g/mol. The topological polar surface area (TPSA) is 43.4 Å². The van der Waals surface area contributed by atoms with Gasteiger partial charge in [-0.1, -0.05) is 12.1 Å². The first-order chi connectivity index (χ1) is 10.3. The third kappa shape index (κ3) is 2.60. The number of aromatic nitrogens is 1. The second kappa shape index (κ2) is 5.71. The van der Waals surface area contributed by atoms with Crippen LogP contribution in [0.2, 0.25) is 0 Å². The molecule has 3 aromatic rings. The summed E-state index contributed by atoms with van der Waals surface area (Å²) in [6, 6.07) is 15.6. The van der Waals surface area contributed by atoms with Gasteiger partial charge >= 0.3 is 0 Å². The van der Waals surface area contributed by atoms with Crippen LogP contribution in [0.15, 0.2) is 54.7 Å². The molecule has 0 fully saturated rings. The molecule has 3 rings (SSSR count). The van der Waals surface area contributed by atoms with Gasteiger partial charge in [0.15, 0.2) is 0 Å². The molecule has 0 atom stereocenters. The molecule has 0 saturated carbocycles. The Kier molecular flexibility index (Phi) is 3.60. The molecule has 0 radical (unpaired) electrons. The molecule has 0 spiro atoms. The first kappa shape index (κ1) is 13.2. The standard InChI is InChI=1S/C17H16N2O2/c1-20-12-7-8-14-13(11-12)15(9-10-18-14)19-16-5-3-4-6-17(16)21-2/h3-11H,1-2H3,(H,18,19). The van der Waals surface area contributed by atoms with E-state index in [-0.39, 0.29) is 0 Å². The molecule has 4 nitrogen and oxygen atoms in total. The highest BCUT2D eigenvalue weighted by atomic mass is 16.5. The van der Waals surface area contributed by atoms with E-state index in [1.165, 1.54) is 0 Å². The highest BCUT2D eigenvalue weighted by Crippen LogP contribution is 2.31. The Morgan fingerprint density at radius 3 is 2.57 bits per heavy atom. The molecule has 2 aromatic carbocycles. The van der Waals surface area contributed by atoms with Crippen LogP contribution in [0.1, 0.15) is 0 Å². The Balaban J connectivity index is 2.07. The lowest BCUT2D eigenvalue weighted by atomic mass is 10.1. The first-order valence-corrected chi connectivity index (χ1v) is 6.64. The van der Waals surface area contributed by atoms with Gasteiger partial charge in [-0.25, -0.2) is 0 Å². The molecule has 0 aliphatic heterocycles. The zero-order valence-electron chi connectivity index (χ0n) is 12.0. The van der Waals surface area contributed by atoms with Crippen molar-refractivity contribution in [2.24, 2.45) is 0 Å². The maximum absolute atomic E-state index is 5.37. The number of hydrogen-bond acceptors (Lipinski definition) is 4. The number of methoxy groups -OCH3 is 2. The Bertz CT molecular complexity index is 772. The summed E-state index contributed by atoms with van der Waals surface area (Å²) < 4.78 is 10.7. The number of para-hydroxylation sites is 2. The van der Waals surface area contributed by atoms with Crippen LogP contribution in [0.3, 0.4) is 0 Å². The van der Waals surface area contributed by atoms with E-state index < -0.39 is 0 Å². The highest BCUT2D eigenvalue weighted by molar-refractivity contribution is 5.94. The summed E-state index contributed by atoms with van der Waals surface area (Å²) in [6.07, 6.45) is 1.78. The van der Waals surface area contributed by atoms with E-state index in [1.807, 2.05) is 48.5 Å². The highest BCUT2D eigenvalue weighted by Gasteiger charge is 2.07. The second-order valence-electron chi connectivity index (χ2n) is 4.57. The predicted molar refractivity (Wildman–Crippen MR) is 84.6 cm³/mol. The molecule has 0 unspecified atom stereocenters. The lowest BCUT2D eigenvalue weighted by Gasteiger charge is -2.13. The molecule has 4 heteroatoms. The number of hydrogen-bond donors (Lipinski definition) is 1. The van der Waals surface area contributed by atoms with Gasteiger partial charge in [0, 0.05) is 17.3 Å². The minimum absolute atomic E-state index is 0.797. The lowest BCUT2D eigenvalue weighted by Crippen LogP contribution is -1.96. The van der Waals surface area contributed by atoms with Crippen LogP contribution in [0.4, 0.5) is 11.4 Å². The average Bonchev–Trinajstić information content (AvgIpc) is 2.55. The van der Waals surface area contributed by atoms with Gasteiger partial charge in [0.1, 0.15) is 11.5 Å². The number of pyridine rings is 1. The van der Waals surface area contributed by atoms with Crippen LogP contribution in [-0.4, -0.2) is 19.2 Å². The van der Waals surface area contributed by atoms with Crippen molar-refractivity contribution >= 4 is 22.3 Å². The van der Waals surface area contributed by atoms with Crippen molar-refractivity contribution in [3.8, 4) is 11.5 Å². The second-order valence-corrected chi connectivity index (χ2v) is 4.57. The number of nitrogens with zero attached hydrogens (tertiary/aromatic N) is 1.